The van der Waals surface area contributed by atoms with Crippen LogP contribution in [0.1, 0.15) is 38.8 Å². The number of rotatable bonds is 5. The minimum atomic E-state index is -0.268. The van der Waals surface area contributed by atoms with Crippen molar-refractivity contribution in [3.63, 3.8) is 0 Å². The van der Waals surface area contributed by atoms with Gasteiger partial charge in [-0.1, -0.05) is 24.3 Å². The lowest BCUT2D eigenvalue weighted by Gasteiger charge is -2.10. The van der Waals surface area contributed by atoms with Crippen LogP contribution in [0, 0.1) is 0 Å². The van der Waals surface area contributed by atoms with Crippen LogP contribution >= 0.6 is 11.3 Å². The fourth-order valence-electron chi connectivity index (χ4n) is 3.11. The number of carbonyl (C=O) groups is 2. The lowest BCUT2D eigenvalue weighted by Crippen LogP contribution is -2.28. The van der Waals surface area contributed by atoms with E-state index in [0.29, 0.717) is 17.2 Å². The summed E-state index contributed by atoms with van der Waals surface area (Å²) in [5, 5.41) is 6.33. The molecular weight excluding hydrogens is 360 g/mol. The predicted octanol–water partition coefficient (Wildman–Crippen LogP) is 3.14. The zero-order valence-corrected chi connectivity index (χ0v) is 15.3. The van der Waals surface area contributed by atoms with Crippen LogP contribution in [0.5, 0.6) is 0 Å². The van der Waals surface area contributed by atoms with Crippen LogP contribution in [-0.4, -0.2) is 21.8 Å². The minimum Gasteiger partial charge on any atom is -0.351 e. The van der Waals surface area contributed by atoms with Gasteiger partial charge in [-0.25, -0.2) is 4.98 Å². The van der Waals surface area contributed by atoms with Crippen molar-refractivity contribution in [1.82, 2.24) is 15.3 Å². The molecular formula is C20H18N4O2S. The molecule has 1 aromatic carbocycles. The molecule has 6 nitrogen and oxygen atoms in total. The van der Waals surface area contributed by atoms with E-state index in [1.54, 1.807) is 24.5 Å². The lowest BCUT2D eigenvalue weighted by molar-refractivity contribution is -0.122. The number of thiazole rings is 1. The van der Waals surface area contributed by atoms with Crippen molar-refractivity contribution in [2.45, 2.75) is 25.3 Å². The van der Waals surface area contributed by atoms with E-state index in [0.717, 1.165) is 29.0 Å². The quantitative estimate of drug-likeness (QED) is 0.714. The molecule has 3 aromatic rings. The third kappa shape index (κ3) is 3.88. The number of amides is 2. The van der Waals surface area contributed by atoms with Crippen LogP contribution in [0.2, 0.25) is 0 Å². The summed E-state index contributed by atoms with van der Waals surface area (Å²) in [6, 6.07) is 12.8. The standard InChI is InChI=1S/C20H18N4O2S/c25-18(14-6-2-1-3-7-14)24-20-23-17-15(8-9-16(17)27-20)19(26)22-12-13-5-4-10-21-11-13/h1-7,10-11,15H,8-9,12H2,(H,22,26)(H,23,24,25). The van der Waals surface area contributed by atoms with E-state index >= 15 is 0 Å². The van der Waals surface area contributed by atoms with Crippen LogP contribution < -0.4 is 10.6 Å². The van der Waals surface area contributed by atoms with Gasteiger partial charge >= 0.3 is 0 Å². The molecule has 1 atom stereocenters. The predicted molar refractivity (Wildman–Crippen MR) is 104 cm³/mol. The number of anilines is 1. The number of hydrogen-bond donors (Lipinski definition) is 2. The third-order valence-electron chi connectivity index (χ3n) is 4.48. The first-order valence-electron chi connectivity index (χ1n) is 8.73. The zero-order valence-electron chi connectivity index (χ0n) is 14.5. The Morgan fingerprint density at radius 1 is 1.15 bits per heavy atom. The fourth-order valence-corrected chi connectivity index (χ4v) is 4.14. The van der Waals surface area contributed by atoms with E-state index in [9.17, 15) is 9.59 Å². The SMILES string of the molecule is O=C(Nc1nc2c(s1)CCC2C(=O)NCc1cccnc1)c1ccccc1. The van der Waals surface area contributed by atoms with Gasteiger partial charge in [0, 0.05) is 29.4 Å². The highest BCUT2D eigenvalue weighted by Crippen LogP contribution is 2.38. The number of nitrogens with zero attached hydrogens (tertiary/aromatic N) is 2. The summed E-state index contributed by atoms with van der Waals surface area (Å²) >= 11 is 1.45. The van der Waals surface area contributed by atoms with Crippen LogP contribution in [0.15, 0.2) is 54.9 Å². The fraction of sp³-hybridized carbons (Fsp3) is 0.200. The average molecular weight is 378 g/mol. The molecule has 0 saturated heterocycles. The molecule has 0 fully saturated rings. The Bertz CT molecular complexity index is 957. The smallest absolute Gasteiger partial charge is 0.257 e. The third-order valence-corrected chi connectivity index (χ3v) is 5.53. The second kappa shape index (κ2) is 7.67. The average Bonchev–Trinajstić information content (AvgIpc) is 3.27. The molecule has 2 amide bonds. The highest BCUT2D eigenvalue weighted by atomic mass is 32.1. The summed E-state index contributed by atoms with van der Waals surface area (Å²) in [5.74, 6) is -0.500. The first-order chi connectivity index (χ1) is 13.2. The number of aryl methyl sites for hydroxylation is 1. The molecule has 7 heteroatoms. The molecule has 0 radical (unpaired) electrons. The van der Waals surface area contributed by atoms with Crippen molar-refractivity contribution in [2.75, 3.05) is 5.32 Å². The highest BCUT2D eigenvalue weighted by molar-refractivity contribution is 7.16. The van der Waals surface area contributed by atoms with Crippen LogP contribution in [-0.2, 0) is 17.8 Å². The summed E-state index contributed by atoms with van der Waals surface area (Å²) in [6.07, 6.45) is 4.99. The first kappa shape index (κ1) is 17.4. The van der Waals surface area contributed by atoms with Gasteiger partial charge in [0.25, 0.3) is 5.91 Å². The molecule has 1 aliphatic carbocycles. The molecule has 136 valence electrons. The van der Waals surface area contributed by atoms with Crippen LogP contribution in [0.25, 0.3) is 0 Å². The van der Waals surface area contributed by atoms with Crippen molar-refractivity contribution in [3.8, 4) is 0 Å². The van der Waals surface area contributed by atoms with Gasteiger partial charge in [0.05, 0.1) is 11.6 Å². The van der Waals surface area contributed by atoms with Gasteiger partial charge in [0.1, 0.15) is 0 Å². The van der Waals surface area contributed by atoms with Gasteiger partial charge in [-0.05, 0) is 36.6 Å². The van der Waals surface area contributed by atoms with Gasteiger partial charge in [0.15, 0.2) is 5.13 Å². The van der Waals surface area contributed by atoms with Gasteiger partial charge in [0.2, 0.25) is 5.91 Å². The van der Waals surface area contributed by atoms with E-state index in [-0.39, 0.29) is 17.7 Å². The first-order valence-corrected chi connectivity index (χ1v) is 9.55. The van der Waals surface area contributed by atoms with Gasteiger partial charge in [-0.15, -0.1) is 11.3 Å². The summed E-state index contributed by atoms with van der Waals surface area (Å²) < 4.78 is 0. The maximum Gasteiger partial charge on any atom is 0.257 e. The van der Waals surface area contributed by atoms with Crippen molar-refractivity contribution >= 4 is 28.3 Å². The maximum absolute atomic E-state index is 12.6. The van der Waals surface area contributed by atoms with E-state index in [1.165, 1.54) is 11.3 Å². The van der Waals surface area contributed by atoms with E-state index in [2.05, 4.69) is 20.6 Å². The molecule has 27 heavy (non-hydrogen) atoms. The molecule has 1 aliphatic rings. The van der Waals surface area contributed by atoms with Gasteiger partial charge in [-0.2, -0.15) is 0 Å². The monoisotopic (exact) mass is 378 g/mol. The van der Waals surface area contributed by atoms with Crippen LogP contribution in [0.3, 0.4) is 0 Å². The Morgan fingerprint density at radius 2 is 2.00 bits per heavy atom. The van der Waals surface area contributed by atoms with E-state index in [4.69, 9.17) is 0 Å². The minimum absolute atomic E-state index is 0.0381. The number of hydrogen-bond acceptors (Lipinski definition) is 5. The molecule has 2 heterocycles. The largest absolute Gasteiger partial charge is 0.351 e. The molecule has 4 rings (SSSR count). The molecule has 0 saturated carbocycles. The Labute approximate surface area is 160 Å². The summed E-state index contributed by atoms with van der Waals surface area (Å²) in [7, 11) is 0. The Kier molecular flexibility index (Phi) is 4.93. The molecule has 1 unspecified atom stereocenters. The number of aromatic nitrogens is 2. The van der Waals surface area contributed by atoms with Crippen molar-refractivity contribution in [2.24, 2.45) is 0 Å². The highest BCUT2D eigenvalue weighted by Gasteiger charge is 2.32. The second-order valence-corrected chi connectivity index (χ2v) is 7.40. The zero-order chi connectivity index (χ0) is 18.6. The number of carbonyl (C=O) groups excluding carboxylic acids is 2. The second-order valence-electron chi connectivity index (χ2n) is 6.32. The molecule has 0 bridgehead atoms. The summed E-state index contributed by atoms with van der Waals surface area (Å²) in [4.78, 5) is 34.5. The summed E-state index contributed by atoms with van der Waals surface area (Å²) in [5.41, 5.74) is 2.32. The lowest BCUT2D eigenvalue weighted by atomic mass is 10.1. The Hall–Kier alpha value is -3.06. The van der Waals surface area contributed by atoms with Crippen molar-refractivity contribution in [1.29, 1.82) is 0 Å². The number of benzene rings is 1. The van der Waals surface area contributed by atoms with E-state index < -0.39 is 0 Å². The topological polar surface area (TPSA) is 84.0 Å². The van der Waals surface area contributed by atoms with Crippen LogP contribution in [0.4, 0.5) is 5.13 Å². The molecule has 0 spiro atoms. The summed E-state index contributed by atoms with van der Waals surface area (Å²) in [6.45, 7) is 0.445. The van der Waals surface area contributed by atoms with Crippen molar-refractivity contribution < 1.29 is 9.59 Å². The maximum atomic E-state index is 12.6. The van der Waals surface area contributed by atoms with Gasteiger partial charge < -0.3 is 5.32 Å². The number of fused-ring (bicyclic) bond motifs is 1. The van der Waals surface area contributed by atoms with Gasteiger partial charge in [-0.3, -0.25) is 19.9 Å². The Morgan fingerprint density at radius 3 is 2.78 bits per heavy atom. The normalized spacial score (nSPS) is 15.2. The number of nitrogens with one attached hydrogen (secondary N) is 2. The molecule has 2 aromatic heterocycles. The molecule has 2 N–H and O–H groups in total. The van der Waals surface area contributed by atoms with E-state index in [1.807, 2.05) is 30.3 Å². The Balaban J connectivity index is 1.41. The molecule has 0 aliphatic heterocycles. The number of pyridine rings is 1. The van der Waals surface area contributed by atoms with Crippen molar-refractivity contribution in [3.05, 3.63) is 76.6 Å².